The maximum absolute atomic E-state index is 13.6. The Balaban J connectivity index is 0.00000387. The van der Waals surface area contributed by atoms with E-state index in [1.165, 1.54) is 10.1 Å². The second kappa shape index (κ2) is 13.7. The van der Waals surface area contributed by atoms with Crippen LogP contribution in [0.1, 0.15) is 29.5 Å². The standard InChI is InChI=1S/C32H36N4O4.ClH/c1-23-7-9-25(10-8-23)22-36(30(37)21-24-11-13-27(40-2)14-12-24)26-15-17-34(18-16-26)19-20-35-31(38)28-5-3-4-6-29(28)33-32(35)39;/h3-14,26H,15-22H2,1-2H3,(H,33,39);1H. The summed E-state index contributed by atoms with van der Waals surface area (Å²) in [5, 5.41) is 0.517. The smallest absolute Gasteiger partial charge is 0.328 e. The molecule has 8 nitrogen and oxygen atoms in total. The fraction of sp³-hybridized carbons (Fsp3) is 0.344. The van der Waals surface area contributed by atoms with Crippen molar-refractivity contribution in [3.63, 3.8) is 0 Å². The van der Waals surface area contributed by atoms with Gasteiger partial charge in [0.25, 0.3) is 5.56 Å². The van der Waals surface area contributed by atoms with Crippen LogP contribution in [0.25, 0.3) is 10.9 Å². The summed E-state index contributed by atoms with van der Waals surface area (Å²) >= 11 is 0. The van der Waals surface area contributed by atoms with Gasteiger partial charge < -0.3 is 19.5 Å². The normalized spacial score (nSPS) is 14.0. The number of nitrogens with one attached hydrogen (secondary N) is 1. The Bertz CT molecular complexity index is 1570. The first-order chi connectivity index (χ1) is 19.4. The average molecular weight is 577 g/mol. The quantitative estimate of drug-likeness (QED) is 0.323. The van der Waals surface area contributed by atoms with Crippen LogP contribution in [0.15, 0.2) is 82.4 Å². The van der Waals surface area contributed by atoms with Crippen LogP contribution in [0, 0.1) is 6.92 Å². The van der Waals surface area contributed by atoms with Crippen LogP contribution in [-0.2, 0) is 24.3 Å². The molecule has 1 saturated heterocycles. The zero-order chi connectivity index (χ0) is 28.1. The highest BCUT2D eigenvalue weighted by Crippen LogP contribution is 2.22. The van der Waals surface area contributed by atoms with E-state index in [-0.39, 0.29) is 35.6 Å². The molecule has 1 aromatic heterocycles. The van der Waals surface area contributed by atoms with E-state index in [2.05, 4.69) is 41.1 Å². The number of rotatable bonds is 9. The van der Waals surface area contributed by atoms with Gasteiger partial charge in [0.15, 0.2) is 0 Å². The Morgan fingerprint density at radius 1 is 0.927 bits per heavy atom. The Labute approximate surface area is 246 Å². The number of aromatic amines is 1. The predicted molar refractivity (Wildman–Crippen MR) is 164 cm³/mol. The molecule has 3 aromatic carbocycles. The number of halogens is 1. The fourth-order valence-corrected chi connectivity index (χ4v) is 5.43. The van der Waals surface area contributed by atoms with Gasteiger partial charge in [0.05, 0.1) is 24.4 Å². The van der Waals surface area contributed by atoms with Crippen molar-refractivity contribution in [2.45, 2.75) is 45.3 Å². The zero-order valence-electron chi connectivity index (χ0n) is 23.5. The number of nitrogens with zero attached hydrogens (tertiary/aromatic N) is 3. The minimum Gasteiger partial charge on any atom is -0.497 e. The number of ether oxygens (including phenoxy) is 1. The lowest BCUT2D eigenvalue weighted by Gasteiger charge is -2.39. The first-order valence-electron chi connectivity index (χ1n) is 13.8. The molecule has 0 saturated carbocycles. The lowest BCUT2D eigenvalue weighted by Crippen LogP contribution is -2.48. The third-order valence-electron chi connectivity index (χ3n) is 7.84. The van der Waals surface area contributed by atoms with Gasteiger partial charge in [-0.2, -0.15) is 0 Å². The highest BCUT2D eigenvalue weighted by atomic mass is 35.5. The van der Waals surface area contributed by atoms with Gasteiger partial charge in [0.1, 0.15) is 5.75 Å². The van der Waals surface area contributed by atoms with E-state index in [1.807, 2.05) is 29.2 Å². The van der Waals surface area contributed by atoms with Gasteiger partial charge in [-0.25, -0.2) is 4.79 Å². The third-order valence-corrected chi connectivity index (χ3v) is 7.84. The number of fused-ring (bicyclic) bond motifs is 1. The molecule has 0 atom stereocenters. The zero-order valence-corrected chi connectivity index (χ0v) is 24.4. The number of carbonyl (C=O) groups excluding carboxylic acids is 1. The highest BCUT2D eigenvalue weighted by Gasteiger charge is 2.28. The number of para-hydroxylation sites is 1. The van der Waals surface area contributed by atoms with Gasteiger partial charge in [0.2, 0.25) is 5.91 Å². The summed E-state index contributed by atoms with van der Waals surface area (Å²) in [6, 6.07) is 23.2. The van der Waals surface area contributed by atoms with Gasteiger partial charge in [-0.15, -0.1) is 12.4 Å². The number of hydrogen-bond donors (Lipinski definition) is 1. The van der Waals surface area contributed by atoms with Crippen LogP contribution in [0.2, 0.25) is 0 Å². The van der Waals surface area contributed by atoms with Crippen molar-refractivity contribution in [2.24, 2.45) is 0 Å². The van der Waals surface area contributed by atoms with Crippen molar-refractivity contribution < 1.29 is 9.53 Å². The van der Waals surface area contributed by atoms with Gasteiger partial charge >= 0.3 is 5.69 Å². The van der Waals surface area contributed by atoms with Crippen LogP contribution >= 0.6 is 12.4 Å². The molecule has 0 aliphatic carbocycles. The molecular formula is C32H37ClN4O4. The third kappa shape index (κ3) is 7.26. The van der Waals surface area contributed by atoms with Crippen molar-refractivity contribution in [2.75, 3.05) is 26.7 Å². The van der Waals surface area contributed by atoms with E-state index < -0.39 is 0 Å². The van der Waals surface area contributed by atoms with Crippen molar-refractivity contribution in [3.8, 4) is 5.75 Å². The number of likely N-dealkylation sites (tertiary alicyclic amines) is 1. The topological polar surface area (TPSA) is 87.6 Å². The summed E-state index contributed by atoms with van der Waals surface area (Å²) in [5.74, 6) is 0.881. The Morgan fingerprint density at radius 2 is 1.59 bits per heavy atom. The summed E-state index contributed by atoms with van der Waals surface area (Å²) in [6.07, 6.45) is 2.01. The molecule has 0 unspecified atom stereocenters. The molecule has 216 valence electrons. The number of methoxy groups -OCH3 is 1. The molecule has 1 amide bonds. The molecule has 0 spiro atoms. The summed E-state index contributed by atoms with van der Waals surface area (Å²) in [4.78, 5) is 46.2. The molecule has 1 N–H and O–H groups in total. The molecule has 9 heteroatoms. The van der Waals surface area contributed by atoms with Gasteiger partial charge in [-0.1, -0.05) is 54.1 Å². The molecule has 2 heterocycles. The summed E-state index contributed by atoms with van der Waals surface area (Å²) in [6.45, 7) is 5.16. The van der Waals surface area contributed by atoms with E-state index in [1.54, 1.807) is 31.4 Å². The second-order valence-corrected chi connectivity index (χ2v) is 10.5. The molecule has 5 rings (SSSR count). The maximum Gasteiger partial charge on any atom is 0.328 e. The number of carbonyl (C=O) groups is 1. The van der Waals surface area contributed by atoms with E-state index >= 15 is 0 Å². The summed E-state index contributed by atoms with van der Waals surface area (Å²) in [5.41, 5.74) is 3.18. The SMILES string of the molecule is COc1ccc(CC(=O)N(Cc2ccc(C)cc2)C2CCN(CCn3c(=O)[nH]c4ccccc4c3=O)CC2)cc1.Cl. The van der Waals surface area contributed by atoms with Crippen LogP contribution in [0.3, 0.4) is 0 Å². The molecular weight excluding hydrogens is 540 g/mol. The van der Waals surface area contributed by atoms with Gasteiger partial charge in [-0.3, -0.25) is 14.2 Å². The van der Waals surface area contributed by atoms with Crippen LogP contribution in [0.5, 0.6) is 5.75 Å². The lowest BCUT2D eigenvalue weighted by molar-refractivity contribution is -0.134. The Morgan fingerprint density at radius 3 is 2.27 bits per heavy atom. The van der Waals surface area contributed by atoms with E-state index in [0.29, 0.717) is 37.0 Å². The fourth-order valence-electron chi connectivity index (χ4n) is 5.43. The number of piperidine rings is 1. The van der Waals surface area contributed by atoms with Crippen LogP contribution < -0.4 is 16.0 Å². The lowest BCUT2D eigenvalue weighted by atomic mass is 10.0. The number of hydrogen-bond acceptors (Lipinski definition) is 5. The van der Waals surface area contributed by atoms with Crippen molar-refractivity contribution >= 4 is 29.2 Å². The first kappa shape index (κ1) is 30.1. The molecule has 0 radical (unpaired) electrons. The molecule has 0 bridgehead atoms. The highest BCUT2D eigenvalue weighted by molar-refractivity contribution is 5.85. The van der Waals surface area contributed by atoms with Crippen molar-refractivity contribution in [3.05, 3.63) is 110 Å². The molecule has 1 fully saturated rings. The molecule has 4 aromatic rings. The van der Waals surface area contributed by atoms with Crippen LogP contribution in [-0.4, -0.2) is 58.0 Å². The predicted octanol–water partition coefficient (Wildman–Crippen LogP) is 4.16. The van der Waals surface area contributed by atoms with E-state index in [0.717, 1.165) is 42.8 Å². The second-order valence-electron chi connectivity index (χ2n) is 10.5. The Hall–Kier alpha value is -3.88. The van der Waals surface area contributed by atoms with Crippen LogP contribution in [0.4, 0.5) is 0 Å². The van der Waals surface area contributed by atoms with Crippen molar-refractivity contribution in [1.82, 2.24) is 19.4 Å². The van der Waals surface area contributed by atoms with Gasteiger partial charge in [-0.05, 0) is 55.2 Å². The van der Waals surface area contributed by atoms with Crippen molar-refractivity contribution in [1.29, 1.82) is 0 Å². The minimum absolute atomic E-state index is 0. The Kier molecular flexibility index (Phi) is 10.0. The molecule has 1 aliphatic heterocycles. The average Bonchev–Trinajstić information content (AvgIpc) is 2.97. The number of benzene rings is 3. The van der Waals surface area contributed by atoms with Gasteiger partial charge in [0, 0.05) is 38.8 Å². The molecule has 1 aliphatic rings. The number of aromatic nitrogens is 2. The summed E-state index contributed by atoms with van der Waals surface area (Å²) in [7, 11) is 1.63. The number of amides is 1. The number of aryl methyl sites for hydroxylation is 1. The summed E-state index contributed by atoms with van der Waals surface area (Å²) < 4.78 is 6.55. The molecule has 41 heavy (non-hydrogen) atoms. The number of H-pyrrole nitrogens is 1. The maximum atomic E-state index is 13.6. The van der Waals surface area contributed by atoms with E-state index in [9.17, 15) is 14.4 Å². The van der Waals surface area contributed by atoms with E-state index in [4.69, 9.17) is 4.74 Å². The first-order valence-corrected chi connectivity index (χ1v) is 13.8. The minimum atomic E-state index is -0.382. The largest absolute Gasteiger partial charge is 0.497 e. The monoisotopic (exact) mass is 576 g/mol.